The first kappa shape index (κ1) is 12.3. The van der Waals surface area contributed by atoms with Crippen molar-refractivity contribution in [3.8, 4) is 5.75 Å². The molecule has 0 N–H and O–H groups in total. The van der Waals surface area contributed by atoms with Crippen molar-refractivity contribution >= 4 is 18.0 Å². The summed E-state index contributed by atoms with van der Waals surface area (Å²) in [7, 11) is 0. The Kier molecular flexibility index (Phi) is 2.85. The molecule has 0 unspecified atom stereocenters. The number of benzene rings is 1. The van der Waals surface area contributed by atoms with Crippen LogP contribution in [0.25, 0.3) is 6.08 Å². The molecule has 0 aromatic heterocycles. The molecule has 0 amide bonds. The third kappa shape index (κ3) is 2.14. The quantitative estimate of drug-likeness (QED) is 0.763. The van der Waals surface area contributed by atoms with E-state index in [4.69, 9.17) is 4.74 Å². The van der Waals surface area contributed by atoms with E-state index in [1.807, 2.05) is 26.0 Å². The van der Waals surface area contributed by atoms with Crippen LogP contribution in [-0.2, 0) is 4.79 Å². The molecule has 3 heteroatoms. The molecule has 2 aliphatic rings. The molecule has 0 atom stereocenters. The van der Waals surface area contributed by atoms with Crippen LogP contribution >= 0.6 is 0 Å². The number of carbonyl (C=O) groups excluding carboxylic acids is 1. The maximum atomic E-state index is 11.1. The molecule has 1 aromatic carbocycles. The van der Waals surface area contributed by atoms with E-state index < -0.39 is 5.60 Å². The molecule has 100 valence electrons. The first-order chi connectivity index (χ1) is 9.10. The summed E-state index contributed by atoms with van der Waals surface area (Å²) in [5.41, 5.74) is 2.35. The fourth-order valence-electron chi connectivity index (χ4n) is 2.75. The predicted molar refractivity (Wildman–Crippen MR) is 76.6 cm³/mol. The lowest BCUT2D eigenvalue weighted by Gasteiger charge is -2.32. The highest BCUT2D eigenvalue weighted by atomic mass is 16.5. The van der Waals surface area contributed by atoms with Gasteiger partial charge in [0.05, 0.1) is 0 Å². The fraction of sp³-hybridized carbons (Fsp3) is 0.438. The number of hydrogen-bond donors (Lipinski definition) is 0. The molecule has 0 spiro atoms. The molecule has 2 aliphatic heterocycles. The Hall–Kier alpha value is -1.77. The van der Waals surface area contributed by atoms with Gasteiger partial charge in [0.2, 0.25) is 0 Å². The van der Waals surface area contributed by atoms with Gasteiger partial charge in [0.25, 0.3) is 0 Å². The van der Waals surface area contributed by atoms with E-state index in [-0.39, 0.29) is 0 Å². The SMILES string of the molecule is CC1(C)Oc2cc(N3CCCC3)ccc2C=C1C=O. The smallest absolute Gasteiger partial charge is 0.150 e. The van der Waals surface area contributed by atoms with Gasteiger partial charge in [0.15, 0.2) is 0 Å². The van der Waals surface area contributed by atoms with Crippen molar-refractivity contribution in [1.29, 1.82) is 0 Å². The minimum atomic E-state index is -0.543. The predicted octanol–water partition coefficient (Wildman–Crippen LogP) is 3.04. The van der Waals surface area contributed by atoms with Crippen molar-refractivity contribution in [3.63, 3.8) is 0 Å². The van der Waals surface area contributed by atoms with Crippen LogP contribution in [0.1, 0.15) is 32.3 Å². The van der Waals surface area contributed by atoms with Gasteiger partial charge >= 0.3 is 0 Å². The van der Waals surface area contributed by atoms with Crippen LogP contribution in [0.2, 0.25) is 0 Å². The Labute approximate surface area is 113 Å². The highest BCUT2D eigenvalue weighted by molar-refractivity contribution is 5.87. The zero-order chi connectivity index (χ0) is 13.5. The molecular weight excluding hydrogens is 238 g/mol. The zero-order valence-corrected chi connectivity index (χ0v) is 11.5. The summed E-state index contributed by atoms with van der Waals surface area (Å²) < 4.78 is 6.00. The molecular formula is C16H19NO2. The number of hydrogen-bond acceptors (Lipinski definition) is 3. The van der Waals surface area contributed by atoms with Crippen LogP contribution in [0.3, 0.4) is 0 Å². The lowest BCUT2D eigenvalue weighted by atomic mass is 9.93. The van der Waals surface area contributed by atoms with Crippen molar-refractivity contribution in [2.45, 2.75) is 32.3 Å². The molecule has 0 bridgehead atoms. The van der Waals surface area contributed by atoms with Crippen LogP contribution in [0, 0.1) is 0 Å². The molecule has 3 rings (SSSR count). The summed E-state index contributed by atoms with van der Waals surface area (Å²) in [5.74, 6) is 0.875. The van der Waals surface area contributed by atoms with Crippen LogP contribution in [0.4, 0.5) is 5.69 Å². The first-order valence-corrected chi connectivity index (χ1v) is 6.85. The maximum absolute atomic E-state index is 11.1. The second-order valence-electron chi connectivity index (χ2n) is 5.75. The van der Waals surface area contributed by atoms with Gasteiger partial charge in [-0.2, -0.15) is 0 Å². The van der Waals surface area contributed by atoms with E-state index in [0.29, 0.717) is 5.57 Å². The fourth-order valence-corrected chi connectivity index (χ4v) is 2.75. The van der Waals surface area contributed by atoms with Crippen LogP contribution in [0.5, 0.6) is 5.75 Å². The Morgan fingerprint density at radius 2 is 2.00 bits per heavy atom. The van der Waals surface area contributed by atoms with E-state index in [0.717, 1.165) is 30.7 Å². The average molecular weight is 257 g/mol. The molecule has 1 saturated heterocycles. The van der Waals surface area contributed by atoms with Gasteiger partial charge in [0, 0.05) is 36.0 Å². The molecule has 0 radical (unpaired) electrons. The third-order valence-electron chi connectivity index (χ3n) is 3.97. The highest BCUT2D eigenvalue weighted by Crippen LogP contribution is 2.37. The minimum absolute atomic E-state index is 0.543. The molecule has 0 saturated carbocycles. The lowest BCUT2D eigenvalue weighted by molar-refractivity contribution is -0.106. The van der Waals surface area contributed by atoms with E-state index in [9.17, 15) is 4.79 Å². The van der Waals surface area contributed by atoms with E-state index >= 15 is 0 Å². The monoisotopic (exact) mass is 257 g/mol. The number of nitrogens with zero attached hydrogens (tertiary/aromatic N) is 1. The highest BCUT2D eigenvalue weighted by Gasteiger charge is 2.30. The number of fused-ring (bicyclic) bond motifs is 1. The summed E-state index contributed by atoms with van der Waals surface area (Å²) in [6, 6.07) is 6.26. The molecule has 0 aliphatic carbocycles. The number of anilines is 1. The molecule has 3 nitrogen and oxygen atoms in total. The van der Waals surface area contributed by atoms with Gasteiger partial charge in [-0.05, 0) is 44.9 Å². The van der Waals surface area contributed by atoms with Gasteiger partial charge in [-0.15, -0.1) is 0 Å². The van der Waals surface area contributed by atoms with Gasteiger partial charge in [-0.3, -0.25) is 4.79 Å². The summed E-state index contributed by atoms with van der Waals surface area (Å²) in [5, 5.41) is 0. The second kappa shape index (κ2) is 4.41. The Morgan fingerprint density at radius 1 is 1.26 bits per heavy atom. The average Bonchev–Trinajstić information content (AvgIpc) is 2.90. The summed E-state index contributed by atoms with van der Waals surface area (Å²) >= 11 is 0. The molecule has 2 heterocycles. The van der Waals surface area contributed by atoms with Crippen LogP contribution in [0.15, 0.2) is 23.8 Å². The van der Waals surface area contributed by atoms with Gasteiger partial charge < -0.3 is 9.64 Å². The number of ether oxygens (including phenoxy) is 1. The van der Waals surface area contributed by atoms with Crippen molar-refractivity contribution in [1.82, 2.24) is 0 Å². The van der Waals surface area contributed by atoms with Crippen LogP contribution < -0.4 is 9.64 Å². The lowest BCUT2D eigenvalue weighted by Crippen LogP contribution is -2.34. The summed E-state index contributed by atoms with van der Waals surface area (Å²) in [6.07, 6.45) is 5.34. The van der Waals surface area contributed by atoms with Crippen molar-refractivity contribution < 1.29 is 9.53 Å². The summed E-state index contributed by atoms with van der Waals surface area (Å²) in [4.78, 5) is 13.5. The normalized spacial score (nSPS) is 20.5. The largest absolute Gasteiger partial charge is 0.482 e. The number of aldehydes is 1. The maximum Gasteiger partial charge on any atom is 0.150 e. The zero-order valence-electron chi connectivity index (χ0n) is 11.5. The Bertz CT molecular complexity index is 540. The number of carbonyl (C=O) groups is 1. The molecule has 19 heavy (non-hydrogen) atoms. The minimum Gasteiger partial charge on any atom is -0.482 e. The first-order valence-electron chi connectivity index (χ1n) is 6.85. The van der Waals surface area contributed by atoms with Crippen molar-refractivity contribution in [2.24, 2.45) is 0 Å². The van der Waals surface area contributed by atoms with Crippen molar-refractivity contribution in [3.05, 3.63) is 29.3 Å². The standard InChI is InChI=1S/C16H19NO2/c1-16(2)13(11-18)9-12-5-6-14(10-15(12)19-16)17-7-3-4-8-17/h5-6,9-11H,3-4,7-8H2,1-2H3. The second-order valence-corrected chi connectivity index (χ2v) is 5.75. The van der Waals surface area contributed by atoms with Gasteiger partial charge in [-0.1, -0.05) is 0 Å². The Balaban J connectivity index is 1.98. The Morgan fingerprint density at radius 3 is 2.68 bits per heavy atom. The van der Waals surface area contributed by atoms with Gasteiger partial charge in [0.1, 0.15) is 17.6 Å². The topological polar surface area (TPSA) is 29.5 Å². The number of rotatable bonds is 2. The third-order valence-corrected chi connectivity index (χ3v) is 3.97. The molecule has 1 aromatic rings. The van der Waals surface area contributed by atoms with E-state index in [1.54, 1.807) is 0 Å². The van der Waals surface area contributed by atoms with E-state index in [2.05, 4.69) is 17.0 Å². The van der Waals surface area contributed by atoms with Crippen LogP contribution in [-0.4, -0.2) is 25.0 Å². The van der Waals surface area contributed by atoms with Crippen molar-refractivity contribution in [2.75, 3.05) is 18.0 Å². The molecule has 1 fully saturated rings. The van der Waals surface area contributed by atoms with Gasteiger partial charge in [-0.25, -0.2) is 0 Å². The summed E-state index contributed by atoms with van der Waals surface area (Å²) in [6.45, 7) is 6.10. The van der Waals surface area contributed by atoms with E-state index in [1.165, 1.54) is 18.5 Å².